The Morgan fingerprint density at radius 3 is 2.48 bits per heavy atom. The highest BCUT2D eigenvalue weighted by atomic mass is 16.6. The quantitative estimate of drug-likeness (QED) is 0.415. The van der Waals surface area contributed by atoms with Crippen LogP contribution in [0.4, 0.5) is 17.1 Å². The lowest BCUT2D eigenvalue weighted by molar-refractivity contribution is -0.383. The average molecular weight is 398 g/mol. The van der Waals surface area contributed by atoms with Crippen molar-refractivity contribution >= 4 is 23.0 Å². The van der Waals surface area contributed by atoms with Crippen LogP contribution >= 0.6 is 0 Å². The molecule has 154 valence electrons. The predicted molar refractivity (Wildman–Crippen MR) is 112 cm³/mol. The van der Waals surface area contributed by atoms with Crippen molar-refractivity contribution in [3.05, 3.63) is 64.2 Å². The van der Waals surface area contributed by atoms with Crippen molar-refractivity contribution in [3.8, 4) is 0 Å². The molecule has 1 fully saturated rings. The number of ether oxygens (including phenoxy) is 1. The number of anilines is 2. The highest BCUT2D eigenvalue weighted by Gasteiger charge is 2.26. The number of hydrogen-bond donors (Lipinski definition) is 1. The Morgan fingerprint density at radius 1 is 1.10 bits per heavy atom. The average Bonchev–Trinajstić information content (AvgIpc) is 2.73. The molecule has 1 aliphatic heterocycles. The molecule has 0 aromatic heterocycles. The molecule has 29 heavy (non-hydrogen) atoms. The fraction of sp³-hybridized carbons (Fsp3) is 0.381. The number of nitro groups is 1. The van der Waals surface area contributed by atoms with Gasteiger partial charge in [0.2, 0.25) is 0 Å². The number of carbonyl (C=O) groups is 1. The van der Waals surface area contributed by atoms with Crippen LogP contribution in [-0.2, 0) is 16.1 Å². The number of nitrogens with one attached hydrogen (secondary N) is 1. The number of esters is 1. The van der Waals surface area contributed by atoms with E-state index in [1.54, 1.807) is 12.1 Å². The van der Waals surface area contributed by atoms with Gasteiger partial charge in [0.1, 0.15) is 18.0 Å². The summed E-state index contributed by atoms with van der Waals surface area (Å²) in [6, 6.07) is 15.2. The Balaban J connectivity index is 1.66. The molecule has 1 saturated heterocycles. The predicted octanol–water partition coefficient (Wildman–Crippen LogP) is 2.89. The van der Waals surface area contributed by atoms with E-state index in [1.807, 2.05) is 41.3 Å². The fourth-order valence-electron chi connectivity index (χ4n) is 3.45. The molecule has 1 aliphatic rings. The number of nitrogens with zero attached hydrogens (tertiary/aromatic N) is 3. The summed E-state index contributed by atoms with van der Waals surface area (Å²) < 4.78 is 4.99. The SMILES string of the molecule is CC(=O)OCCN1CCN(c2cccc(NCc3ccccc3)c2[N+](=O)[O-])CC1. The number of rotatable bonds is 8. The Labute approximate surface area is 170 Å². The maximum absolute atomic E-state index is 11.8. The molecule has 0 bridgehead atoms. The van der Waals surface area contributed by atoms with Crippen LogP contribution in [-0.4, -0.2) is 55.1 Å². The summed E-state index contributed by atoms with van der Waals surface area (Å²) in [5.41, 5.74) is 2.33. The van der Waals surface area contributed by atoms with Crippen LogP contribution in [0.15, 0.2) is 48.5 Å². The van der Waals surface area contributed by atoms with Crippen LogP contribution < -0.4 is 10.2 Å². The number of hydrogen-bond acceptors (Lipinski definition) is 7. The molecule has 1 heterocycles. The highest BCUT2D eigenvalue weighted by Crippen LogP contribution is 2.36. The summed E-state index contributed by atoms with van der Waals surface area (Å²) >= 11 is 0. The van der Waals surface area contributed by atoms with Crippen LogP contribution in [0.5, 0.6) is 0 Å². The molecule has 2 aromatic carbocycles. The van der Waals surface area contributed by atoms with Crippen molar-refractivity contribution in [1.82, 2.24) is 4.90 Å². The van der Waals surface area contributed by atoms with E-state index < -0.39 is 0 Å². The summed E-state index contributed by atoms with van der Waals surface area (Å²) in [4.78, 5) is 26.7. The van der Waals surface area contributed by atoms with E-state index in [9.17, 15) is 14.9 Å². The summed E-state index contributed by atoms with van der Waals surface area (Å²) in [7, 11) is 0. The Hall–Kier alpha value is -3.13. The van der Waals surface area contributed by atoms with Gasteiger partial charge in [0, 0.05) is 46.2 Å². The maximum atomic E-state index is 11.8. The van der Waals surface area contributed by atoms with Gasteiger partial charge < -0.3 is 15.0 Å². The fourth-order valence-corrected chi connectivity index (χ4v) is 3.45. The first-order valence-electron chi connectivity index (χ1n) is 9.70. The topological polar surface area (TPSA) is 88.0 Å². The second-order valence-electron chi connectivity index (χ2n) is 6.94. The van der Waals surface area contributed by atoms with E-state index in [2.05, 4.69) is 10.2 Å². The summed E-state index contributed by atoms with van der Waals surface area (Å²) in [5.74, 6) is -0.279. The van der Waals surface area contributed by atoms with Gasteiger partial charge in [-0.3, -0.25) is 19.8 Å². The van der Waals surface area contributed by atoms with Crippen molar-refractivity contribution in [2.75, 3.05) is 49.5 Å². The van der Waals surface area contributed by atoms with Gasteiger partial charge in [0.25, 0.3) is 0 Å². The highest BCUT2D eigenvalue weighted by molar-refractivity contribution is 5.77. The third kappa shape index (κ3) is 5.68. The molecular formula is C21H26N4O4. The van der Waals surface area contributed by atoms with Gasteiger partial charge in [0.15, 0.2) is 0 Å². The molecule has 1 N–H and O–H groups in total. The molecule has 0 saturated carbocycles. The molecule has 0 unspecified atom stereocenters. The molecule has 8 nitrogen and oxygen atoms in total. The van der Waals surface area contributed by atoms with Crippen molar-refractivity contribution in [3.63, 3.8) is 0 Å². The number of piperazine rings is 1. The first kappa shape index (κ1) is 20.6. The first-order valence-corrected chi connectivity index (χ1v) is 9.70. The molecule has 0 spiro atoms. The minimum absolute atomic E-state index is 0.108. The van der Waals surface area contributed by atoms with E-state index in [-0.39, 0.29) is 16.6 Å². The van der Waals surface area contributed by atoms with Crippen LogP contribution in [0, 0.1) is 10.1 Å². The minimum atomic E-state index is -0.310. The van der Waals surface area contributed by atoms with E-state index in [0.29, 0.717) is 44.2 Å². The molecule has 0 aliphatic carbocycles. The van der Waals surface area contributed by atoms with Gasteiger partial charge in [-0.25, -0.2) is 0 Å². The van der Waals surface area contributed by atoms with Gasteiger partial charge >= 0.3 is 11.7 Å². The molecule has 0 atom stereocenters. The third-order valence-corrected chi connectivity index (χ3v) is 4.95. The van der Waals surface area contributed by atoms with Gasteiger partial charge in [0.05, 0.1) is 4.92 Å². The maximum Gasteiger partial charge on any atom is 0.315 e. The van der Waals surface area contributed by atoms with Gasteiger partial charge in [-0.1, -0.05) is 36.4 Å². The normalized spacial score (nSPS) is 14.4. The summed E-state index contributed by atoms with van der Waals surface area (Å²) in [5, 5.41) is 15.1. The van der Waals surface area contributed by atoms with Crippen LogP contribution in [0.25, 0.3) is 0 Å². The molecular weight excluding hydrogens is 372 g/mol. The zero-order valence-electron chi connectivity index (χ0n) is 16.5. The first-order chi connectivity index (χ1) is 14.0. The lowest BCUT2D eigenvalue weighted by atomic mass is 10.1. The summed E-state index contributed by atoms with van der Waals surface area (Å²) in [6.07, 6.45) is 0. The summed E-state index contributed by atoms with van der Waals surface area (Å²) in [6.45, 7) is 5.86. The lowest BCUT2D eigenvalue weighted by Crippen LogP contribution is -2.47. The molecule has 2 aromatic rings. The monoisotopic (exact) mass is 398 g/mol. The minimum Gasteiger partial charge on any atom is -0.465 e. The van der Waals surface area contributed by atoms with E-state index >= 15 is 0 Å². The molecule has 0 radical (unpaired) electrons. The number of para-hydroxylation sites is 1. The molecule has 0 amide bonds. The number of carbonyl (C=O) groups excluding carboxylic acids is 1. The third-order valence-electron chi connectivity index (χ3n) is 4.95. The van der Waals surface area contributed by atoms with Crippen molar-refractivity contribution < 1.29 is 14.5 Å². The smallest absolute Gasteiger partial charge is 0.315 e. The Kier molecular flexibility index (Phi) is 7.02. The zero-order chi connectivity index (χ0) is 20.6. The second kappa shape index (κ2) is 9.88. The van der Waals surface area contributed by atoms with Crippen LogP contribution in [0.2, 0.25) is 0 Å². The largest absolute Gasteiger partial charge is 0.465 e. The van der Waals surface area contributed by atoms with Crippen LogP contribution in [0.3, 0.4) is 0 Å². The number of nitro benzene ring substituents is 1. The number of benzene rings is 2. The van der Waals surface area contributed by atoms with Crippen LogP contribution in [0.1, 0.15) is 12.5 Å². The lowest BCUT2D eigenvalue weighted by Gasteiger charge is -2.35. The molecule has 3 rings (SSSR count). The zero-order valence-corrected chi connectivity index (χ0v) is 16.5. The Bertz CT molecular complexity index is 836. The van der Waals surface area contributed by atoms with Gasteiger partial charge in [-0.15, -0.1) is 0 Å². The van der Waals surface area contributed by atoms with Gasteiger partial charge in [-0.2, -0.15) is 0 Å². The standard InChI is InChI=1S/C21H26N4O4/c1-17(26)29-15-14-23-10-12-24(13-11-23)20-9-5-8-19(21(20)25(27)28)22-16-18-6-3-2-4-7-18/h2-9,22H,10-16H2,1H3. The van der Waals surface area contributed by atoms with E-state index in [0.717, 1.165) is 18.7 Å². The van der Waals surface area contributed by atoms with Crippen molar-refractivity contribution in [1.29, 1.82) is 0 Å². The second-order valence-corrected chi connectivity index (χ2v) is 6.94. The Morgan fingerprint density at radius 2 is 1.83 bits per heavy atom. The molecule has 8 heteroatoms. The van der Waals surface area contributed by atoms with E-state index in [4.69, 9.17) is 4.74 Å². The van der Waals surface area contributed by atoms with Crippen molar-refractivity contribution in [2.24, 2.45) is 0 Å². The van der Waals surface area contributed by atoms with Gasteiger partial charge in [-0.05, 0) is 17.7 Å². The van der Waals surface area contributed by atoms with Crippen molar-refractivity contribution in [2.45, 2.75) is 13.5 Å². The van der Waals surface area contributed by atoms with E-state index in [1.165, 1.54) is 6.92 Å².